The zero-order valence-electron chi connectivity index (χ0n) is 13.1. The van der Waals surface area contributed by atoms with Crippen LogP contribution in [-0.4, -0.2) is 74.5 Å². The summed E-state index contributed by atoms with van der Waals surface area (Å²) in [6.45, 7) is 6.96. The number of nitrogens with zero attached hydrogens (tertiary/aromatic N) is 3. The lowest BCUT2D eigenvalue weighted by atomic mass is 10.2. The predicted octanol–water partition coefficient (Wildman–Crippen LogP) is 1.52. The van der Waals surface area contributed by atoms with Crippen molar-refractivity contribution in [2.75, 3.05) is 47.8 Å². The molecule has 0 aromatic carbocycles. The summed E-state index contributed by atoms with van der Waals surface area (Å²) in [6.07, 6.45) is 3.22. The topological polar surface area (TPSA) is 26.8 Å². The van der Waals surface area contributed by atoms with Gasteiger partial charge in [0.2, 0.25) is 5.91 Å². The first-order valence-corrected chi connectivity index (χ1v) is 7.12. The molecule has 4 nitrogen and oxygen atoms in total. The molecular formula is C14H31N3O. The third-order valence-corrected chi connectivity index (χ3v) is 3.28. The highest BCUT2D eigenvalue weighted by Gasteiger charge is 2.29. The van der Waals surface area contributed by atoms with Crippen LogP contribution in [0.2, 0.25) is 0 Å². The molecule has 0 radical (unpaired) electrons. The van der Waals surface area contributed by atoms with Gasteiger partial charge in [0.15, 0.2) is 0 Å². The molecule has 1 aliphatic rings. The summed E-state index contributed by atoms with van der Waals surface area (Å²) >= 11 is 0. The molecule has 1 saturated heterocycles. The Morgan fingerprint density at radius 1 is 1.22 bits per heavy atom. The largest absolute Gasteiger partial charge is 0.344 e. The summed E-state index contributed by atoms with van der Waals surface area (Å²) in [5, 5.41) is 0. The predicted molar refractivity (Wildman–Crippen MR) is 77.8 cm³/mol. The quantitative estimate of drug-likeness (QED) is 0.747. The van der Waals surface area contributed by atoms with Crippen LogP contribution in [0.4, 0.5) is 0 Å². The molecule has 108 valence electrons. The molecule has 1 rings (SSSR count). The van der Waals surface area contributed by atoms with Gasteiger partial charge in [0.05, 0.1) is 6.04 Å². The molecule has 4 heteroatoms. The molecule has 0 aliphatic carbocycles. The average Bonchev–Trinajstić information content (AvgIpc) is 2.76. The van der Waals surface area contributed by atoms with E-state index in [1.54, 1.807) is 0 Å². The summed E-state index contributed by atoms with van der Waals surface area (Å²) in [5.41, 5.74) is 0. The minimum absolute atomic E-state index is 0.129. The number of rotatable bonds is 5. The van der Waals surface area contributed by atoms with Crippen molar-refractivity contribution in [3.8, 4) is 0 Å². The zero-order valence-corrected chi connectivity index (χ0v) is 13.1. The normalized spacial score (nSPS) is 19.6. The number of hydrogen-bond acceptors (Lipinski definition) is 3. The Hall–Kier alpha value is -0.610. The van der Waals surface area contributed by atoms with Gasteiger partial charge in [-0.15, -0.1) is 0 Å². The van der Waals surface area contributed by atoms with Crippen LogP contribution in [0.5, 0.6) is 0 Å². The maximum absolute atomic E-state index is 12.1. The van der Waals surface area contributed by atoms with Gasteiger partial charge < -0.3 is 9.80 Å². The van der Waals surface area contributed by atoms with E-state index >= 15 is 0 Å². The van der Waals surface area contributed by atoms with Crippen LogP contribution in [0.25, 0.3) is 0 Å². The minimum Gasteiger partial charge on any atom is -0.344 e. The highest BCUT2D eigenvalue weighted by atomic mass is 16.2. The summed E-state index contributed by atoms with van der Waals surface area (Å²) in [4.78, 5) is 18.3. The molecule has 0 aromatic heterocycles. The molecule has 1 amide bonds. The molecule has 1 heterocycles. The Bertz CT molecular complexity index is 231. The second kappa shape index (κ2) is 9.34. The maximum atomic E-state index is 12.1. The van der Waals surface area contributed by atoms with E-state index in [2.05, 4.69) is 23.9 Å². The van der Waals surface area contributed by atoms with Gasteiger partial charge in [-0.3, -0.25) is 9.69 Å². The monoisotopic (exact) mass is 257 g/mol. The highest BCUT2D eigenvalue weighted by molar-refractivity contribution is 5.81. The lowest BCUT2D eigenvalue weighted by Crippen LogP contribution is -2.43. The van der Waals surface area contributed by atoms with Crippen molar-refractivity contribution in [2.24, 2.45) is 0 Å². The molecule has 0 bridgehead atoms. The SMILES string of the molecule is CC.CN(C)CCCN(C)C(=O)C1CCCN1C. The summed E-state index contributed by atoms with van der Waals surface area (Å²) < 4.78 is 0. The lowest BCUT2D eigenvalue weighted by Gasteiger charge is -2.25. The zero-order chi connectivity index (χ0) is 14.1. The molecule has 0 saturated carbocycles. The Kier molecular flexibility index (Phi) is 9.02. The van der Waals surface area contributed by atoms with Crippen LogP contribution in [0, 0.1) is 0 Å². The van der Waals surface area contributed by atoms with Gasteiger partial charge >= 0.3 is 0 Å². The van der Waals surface area contributed by atoms with E-state index in [4.69, 9.17) is 0 Å². The highest BCUT2D eigenvalue weighted by Crippen LogP contribution is 2.16. The Balaban J connectivity index is 0.00000137. The van der Waals surface area contributed by atoms with Crippen molar-refractivity contribution in [1.29, 1.82) is 0 Å². The van der Waals surface area contributed by atoms with Crippen LogP contribution in [-0.2, 0) is 4.79 Å². The smallest absolute Gasteiger partial charge is 0.239 e. The third kappa shape index (κ3) is 5.83. The number of likely N-dealkylation sites (tertiary alicyclic amines) is 1. The molecule has 1 fully saturated rings. The second-order valence-corrected chi connectivity index (χ2v) is 5.06. The van der Waals surface area contributed by atoms with E-state index in [1.165, 1.54) is 0 Å². The number of hydrogen-bond donors (Lipinski definition) is 0. The Morgan fingerprint density at radius 2 is 1.83 bits per heavy atom. The summed E-state index contributed by atoms with van der Waals surface area (Å²) in [5.74, 6) is 0.291. The van der Waals surface area contributed by atoms with E-state index in [-0.39, 0.29) is 6.04 Å². The fourth-order valence-electron chi connectivity index (χ4n) is 2.21. The van der Waals surface area contributed by atoms with Crippen LogP contribution in [0.1, 0.15) is 33.1 Å². The Morgan fingerprint density at radius 3 is 2.28 bits per heavy atom. The third-order valence-electron chi connectivity index (χ3n) is 3.28. The van der Waals surface area contributed by atoms with Crippen molar-refractivity contribution < 1.29 is 4.79 Å². The molecule has 18 heavy (non-hydrogen) atoms. The summed E-state index contributed by atoms with van der Waals surface area (Å²) in [7, 11) is 8.09. The second-order valence-electron chi connectivity index (χ2n) is 5.06. The molecule has 0 spiro atoms. The van der Waals surface area contributed by atoms with Gasteiger partial charge in [-0.2, -0.15) is 0 Å². The molecule has 0 N–H and O–H groups in total. The van der Waals surface area contributed by atoms with Gasteiger partial charge in [-0.25, -0.2) is 0 Å². The number of carbonyl (C=O) groups excluding carboxylic acids is 1. The first-order chi connectivity index (χ1) is 8.52. The van der Waals surface area contributed by atoms with Crippen molar-refractivity contribution in [1.82, 2.24) is 14.7 Å². The van der Waals surface area contributed by atoms with Crippen molar-refractivity contribution in [2.45, 2.75) is 39.2 Å². The van der Waals surface area contributed by atoms with E-state index < -0.39 is 0 Å². The van der Waals surface area contributed by atoms with E-state index in [0.717, 1.165) is 38.9 Å². The average molecular weight is 257 g/mol. The summed E-state index contributed by atoms with van der Waals surface area (Å²) in [6, 6.07) is 0.129. The van der Waals surface area contributed by atoms with Crippen molar-refractivity contribution in [3.05, 3.63) is 0 Å². The van der Waals surface area contributed by atoms with Crippen LogP contribution < -0.4 is 0 Å². The first kappa shape index (κ1) is 17.4. The standard InChI is InChI=1S/C12H25N3O.C2H6/c1-13(2)8-6-10-15(4)12(16)11-7-5-9-14(11)3;1-2/h11H,5-10H2,1-4H3;1-2H3. The molecule has 0 aromatic rings. The maximum Gasteiger partial charge on any atom is 0.239 e. The van der Waals surface area contributed by atoms with Gasteiger partial charge in [0.1, 0.15) is 0 Å². The lowest BCUT2D eigenvalue weighted by molar-refractivity contribution is -0.134. The van der Waals surface area contributed by atoms with Gasteiger partial charge in [-0.05, 0) is 53.5 Å². The first-order valence-electron chi connectivity index (χ1n) is 7.12. The van der Waals surface area contributed by atoms with E-state index in [0.29, 0.717) is 5.91 Å². The number of likely N-dealkylation sites (N-methyl/N-ethyl adjacent to an activating group) is 2. The number of carbonyl (C=O) groups is 1. The van der Waals surface area contributed by atoms with Crippen molar-refractivity contribution in [3.63, 3.8) is 0 Å². The van der Waals surface area contributed by atoms with Crippen molar-refractivity contribution >= 4 is 5.91 Å². The van der Waals surface area contributed by atoms with Crippen LogP contribution >= 0.6 is 0 Å². The van der Waals surface area contributed by atoms with Gasteiger partial charge in [0.25, 0.3) is 0 Å². The molecular weight excluding hydrogens is 226 g/mol. The van der Waals surface area contributed by atoms with E-state index in [9.17, 15) is 4.79 Å². The molecule has 1 unspecified atom stereocenters. The van der Waals surface area contributed by atoms with E-state index in [1.807, 2.05) is 32.8 Å². The minimum atomic E-state index is 0.129. The Labute approximate surface area is 113 Å². The molecule has 1 atom stereocenters. The number of amides is 1. The van der Waals surface area contributed by atoms with Gasteiger partial charge in [-0.1, -0.05) is 13.8 Å². The fraction of sp³-hybridized carbons (Fsp3) is 0.929. The van der Waals surface area contributed by atoms with Crippen LogP contribution in [0.3, 0.4) is 0 Å². The van der Waals surface area contributed by atoms with Gasteiger partial charge in [0, 0.05) is 13.6 Å². The van der Waals surface area contributed by atoms with Crippen LogP contribution in [0.15, 0.2) is 0 Å². The molecule has 1 aliphatic heterocycles. The fourth-order valence-corrected chi connectivity index (χ4v) is 2.21.